The molecule has 0 saturated carbocycles. The highest BCUT2D eigenvalue weighted by molar-refractivity contribution is 7.83. The van der Waals surface area contributed by atoms with Crippen molar-refractivity contribution in [1.29, 1.82) is 0 Å². The third-order valence-electron chi connectivity index (χ3n) is 4.13. The normalized spacial score (nSPS) is 17.8. The molecule has 2 nitrogen and oxygen atoms in total. The van der Waals surface area contributed by atoms with Crippen LogP contribution in [0.3, 0.4) is 0 Å². The molecule has 0 rings (SSSR count). The molecular formula is C12H30O2SSi2. The molecule has 0 heterocycles. The van der Waals surface area contributed by atoms with Crippen molar-refractivity contribution in [3.05, 3.63) is 0 Å². The minimum absolute atomic E-state index is 0.130. The zero-order valence-electron chi connectivity index (χ0n) is 12.4. The van der Waals surface area contributed by atoms with Gasteiger partial charge in [0.2, 0.25) is 0 Å². The molecule has 0 N–H and O–H groups in total. The first kappa shape index (κ1) is 17.7. The minimum Gasteiger partial charge on any atom is -0.398 e. The van der Waals surface area contributed by atoms with Crippen molar-refractivity contribution in [3.8, 4) is 0 Å². The maximum atomic E-state index is 6.31. The van der Waals surface area contributed by atoms with E-state index >= 15 is 0 Å². The Morgan fingerprint density at radius 3 is 1.82 bits per heavy atom. The van der Waals surface area contributed by atoms with E-state index in [0.717, 1.165) is 12.5 Å². The summed E-state index contributed by atoms with van der Waals surface area (Å²) in [5, 5.41) is 0.130. The lowest BCUT2D eigenvalue weighted by molar-refractivity contribution is 0.218. The van der Waals surface area contributed by atoms with Crippen LogP contribution in [-0.4, -0.2) is 28.8 Å². The van der Waals surface area contributed by atoms with E-state index < -0.39 is 16.6 Å². The Morgan fingerprint density at radius 2 is 1.53 bits per heavy atom. The van der Waals surface area contributed by atoms with Crippen molar-refractivity contribution < 1.29 is 8.85 Å². The molecule has 0 fully saturated rings. The molecule has 5 heteroatoms. The maximum Gasteiger partial charge on any atom is 0.335 e. The van der Waals surface area contributed by atoms with Crippen molar-refractivity contribution in [2.45, 2.75) is 69.9 Å². The van der Waals surface area contributed by atoms with Crippen LogP contribution in [-0.2, 0) is 8.85 Å². The Morgan fingerprint density at radius 1 is 1.06 bits per heavy atom. The summed E-state index contributed by atoms with van der Waals surface area (Å²) < 4.78 is 12.0. The molecule has 0 aliphatic heterocycles. The van der Waals surface area contributed by atoms with Gasteiger partial charge in [-0.2, -0.15) is 12.6 Å². The van der Waals surface area contributed by atoms with Gasteiger partial charge in [-0.3, -0.25) is 0 Å². The van der Waals surface area contributed by atoms with Gasteiger partial charge in [-0.25, -0.2) is 0 Å². The summed E-state index contributed by atoms with van der Waals surface area (Å²) in [5.41, 5.74) is 0. The van der Waals surface area contributed by atoms with Crippen molar-refractivity contribution >= 4 is 29.3 Å². The number of rotatable bonds is 9. The Bertz CT molecular complexity index is 204. The van der Waals surface area contributed by atoms with Gasteiger partial charge in [-0.15, -0.1) is 0 Å². The van der Waals surface area contributed by atoms with Crippen LogP contribution in [0.25, 0.3) is 0 Å². The molecule has 0 bridgehead atoms. The molecule has 0 aromatic carbocycles. The van der Waals surface area contributed by atoms with E-state index in [1.807, 2.05) is 0 Å². The summed E-state index contributed by atoms with van der Waals surface area (Å²) in [6.07, 6.45) is 1.12. The van der Waals surface area contributed by atoms with Crippen molar-refractivity contribution in [2.24, 2.45) is 0 Å². The second-order valence-electron chi connectivity index (χ2n) is 4.98. The van der Waals surface area contributed by atoms with Gasteiger partial charge in [-0.1, -0.05) is 52.2 Å². The van der Waals surface area contributed by atoms with Crippen molar-refractivity contribution in [2.75, 3.05) is 7.11 Å². The summed E-state index contributed by atoms with van der Waals surface area (Å²) in [5.74, 6) is 0. The lowest BCUT2D eigenvalue weighted by Gasteiger charge is -2.38. The molecule has 0 saturated heterocycles. The fourth-order valence-corrected chi connectivity index (χ4v) is 10.7. The van der Waals surface area contributed by atoms with Crippen LogP contribution < -0.4 is 0 Å². The molecule has 0 spiro atoms. The Balaban J connectivity index is 4.73. The van der Waals surface area contributed by atoms with Crippen molar-refractivity contribution in [3.63, 3.8) is 0 Å². The molecule has 0 radical (unpaired) electrons. The maximum absolute atomic E-state index is 6.31. The molecule has 104 valence electrons. The van der Waals surface area contributed by atoms with Crippen LogP contribution in [0, 0.1) is 0 Å². The Hall–Kier alpha value is 0.704. The van der Waals surface area contributed by atoms with Gasteiger partial charge in [0.1, 0.15) is 0 Å². The third-order valence-corrected chi connectivity index (χ3v) is 14.7. The summed E-state index contributed by atoms with van der Waals surface area (Å²) in [6, 6.07) is 4.79. The van der Waals surface area contributed by atoms with Gasteiger partial charge in [0.05, 0.1) is 13.1 Å². The first-order chi connectivity index (χ1) is 7.93. The Kier molecular flexibility index (Phi) is 8.32. The molecular weight excluding hydrogens is 264 g/mol. The smallest absolute Gasteiger partial charge is 0.335 e. The number of hydrogen-bond acceptors (Lipinski definition) is 3. The number of thiol groups is 1. The predicted molar refractivity (Wildman–Crippen MR) is 84.8 cm³/mol. The topological polar surface area (TPSA) is 18.5 Å². The van der Waals surface area contributed by atoms with Crippen LogP contribution in [0.2, 0.25) is 30.7 Å². The first-order valence-electron chi connectivity index (χ1n) is 6.84. The van der Waals surface area contributed by atoms with Gasteiger partial charge in [0.25, 0.3) is 0 Å². The molecule has 17 heavy (non-hydrogen) atoms. The van der Waals surface area contributed by atoms with Gasteiger partial charge in [0, 0.05) is 7.11 Å². The fourth-order valence-electron chi connectivity index (χ4n) is 2.30. The largest absolute Gasteiger partial charge is 0.398 e. The van der Waals surface area contributed by atoms with Gasteiger partial charge >= 0.3 is 8.56 Å². The molecule has 0 aromatic rings. The van der Waals surface area contributed by atoms with Crippen LogP contribution >= 0.6 is 12.6 Å². The van der Waals surface area contributed by atoms with Gasteiger partial charge in [0.15, 0.2) is 0 Å². The fraction of sp³-hybridized carbons (Fsp3) is 1.00. The zero-order chi connectivity index (χ0) is 13.5. The highest BCUT2D eigenvalue weighted by Gasteiger charge is 2.41. The number of hydrogen-bond donors (Lipinski definition) is 1. The van der Waals surface area contributed by atoms with Crippen LogP contribution in [0.5, 0.6) is 0 Å². The lowest BCUT2D eigenvalue weighted by Crippen LogP contribution is -2.51. The molecule has 0 amide bonds. The van der Waals surface area contributed by atoms with E-state index in [1.165, 1.54) is 18.1 Å². The second kappa shape index (κ2) is 7.99. The first-order valence-corrected chi connectivity index (χ1v) is 12.6. The minimum atomic E-state index is -1.99. The van der Waals surface area contributed by atoms with E-state index in [9.17, 15) is 0 Å². The summed E-state index contributed by atoms with van der Waals surface area (Å²) >= 11 is 4.79. The van der Waals surface area contributed by atoms with Crippen LogP contribution in [0.1, 0.15) is 34.1 Å². The summed E-state index contributed by atoms with van der Waals surface area (Å²) in [7, 11) is -1.58. The molecule has 0 aliphatic rings. The average Bonchev–Trinajstić information content (AvgIpc) is 2.32. The van der Waals surface area contributed by atoms with E-state index in [0.29, 0.717) is 0 Å². The monoisotopic (exact) mass is 294 g/mol. The van der Waals surface area contributed by atoms with Gasteiger partial charge in [-0.05, 0) is 12.6 Å². The van der Waals surface area contributed by atoms with Gasteiger partial charge < -0.3 is 8.85 Å². The zero-order valence-corrected chi connectivity index (χ0v) is 15.3. The average molecular weight is 295 g/mol. The molecule has 2 unspecified atom stereocenters. The lowest BCUT2D eigenvalue weighted by atomic mass is 10.6. The second-order valence-corrected chi connectivity index (χ2v) is 14.7. The summed E-state index contributed by atoms with van der Waals surface area (Å²) in [6.45, 7) is 11.2. The van der Waals surface area contributed by atoms with E-state index in [4.69, 9.17) is 21.5 Å². The van der Waals surface area contributed by atoms with Crippen LogP contribution in [0.4, 0.5) is 0 Å². The predicted octanol–water partition coefficient (Wildman–Crippen LogP) is 4.44. The standard InChI is InChI=1S/C12H30O2SSi2/c1-7-11-16(6,13-5)14-12(15)17(8-2,9-3)10-4/h12,15H,7-11H2,1-6H3. The highest BCUT2D eigenvalue weighted by Crippen LogP contribution is 2.31. The van der Waals surface area contributed by atoms with Crippen LogP contribution in [0.15, 0.2) is 0 Å². The quantitative estimate of drug-likeness (QED) is 0.385. The molecule has 0 aliphatic carbocycles. The third kappa shape index (κ3) is 4.71. The Labute approximate surface area is 115 Å². The molecule has 0 aromatic heterocycles. The SMILES string of the molecule is CCC[Si](C)(OC)OC(S)[Si](CC)(CC)CC. The summed E-state index contributed by atoms with van der Waals surface area (Å²) in [4.78, 5) is 0. The van der Waals surface area contributed by atoms with Crippen molar-refractivity contribution in [1.82, 2.24) is 0 Å². The molecule has 2 atom stereocenters. The van der Waals surface area contributed by atoms with E-state index in [-0.39, 0.29) is 5.06 Å². The highest BCUT2D eigenvalue weighted by atomic mass is 32.1. The van der Waals surface area contributed by atoms with E-state index in [2.05, 4.69) is 34.2 Å². The van der Waals surface area contributed by atoms with E-state index in [1.54, 1.807) is 7.11 Å².